The predicted octanol–water partition coefficient (Wildman–Crippen LogP) is 8.20. The molecule has 2 aliphatic rings. The third-order valence-corrected chi connectivity index (χ3v) is 7.73. The Morgan fingerprint density at radius 2 is 1.35 bits per heavy atom. The lowest BCUT2D eigenvalue weighted by molar-refractivity contribution is -0.323. The lowest BCUT2D eigenvalue weighted by Crippen LogP contribution is -2.61. The molecule has 0 spiro atoms. The number of carbonyl (C=O) groups is 2. The van der Waals surface area contributed by atoms with Gasteiger partial charge in [-0.1, -0.05) is 57.6 Å². The summed E-state index contributed by atoms with van der Waals surface area (Å²) in [5, 5.41) is 0. The van der Waals surface area contributed by atoms with Gasteiger partial charge in [-0.3, -0.25) is 4.79 Å². The van der Waals surface area contributed by atoms with E-state index in [2.05, 4.69) is 13.0 Å². The van der Waals surface area contributed by atoms with E-state index in [1.165, 1.54) is 25.7 Å². The maximum absolute atomic E-state index is 13.7. The number of hydrogen-bond donors (Lipinski definition) is 0. The molecular weight excluding hydrogens is 548 g/mol. The standard InChI is InChI=1S/C35H62O8/c1-10-11-12-16-19-22-34(38-24-25-39-34)23-20-17-14-13-15-18-21-28-27-40-33(8,9)43-35(28,30(37)42-32(5,6)7)26-29(36)41-31(2,3)4/h18,21,28H,10-17,19-20,22-27H2,1-9H3/b21-18+/t28-,35-/m1/s1. The molecule has 0 unspecified atom stereocenters. The number of rotatable bonds is 17. The van der Waals surface area contributed by atoms with Gasteiger partial charge in [-0.2, -0.15) is 0 Å². The van der Waals surface area contributed by atoms with E-state index in [0.717, 1.165) is 51.4 Å². The monoisotopic (exact) mass is 610 g/mol. The normalized spacial score (nSPS) is 23.9. The molecule has 0 aromatic carbocycles. The van der Waals surface area contributed by atoms with Crippen LogP contribution in [0.3, 0.4) is 0 Å². The fourth-order valence-corrected chi connectivity index (χ4v) is 5.75. The molecule has 0 saturated carbocycles. The molecule has 8 heteroatoms. The summed E-state index contributed by atoms with van der Waals surface area (Å²) in [6.07, 6.45) is 17.1. The van der Waals surface area contributed by atoms with Crippen LogP contribution in [0.2, 0.25) is 0 Å². The molecule has 0 aliphatic carbocycles. The largest absolute Gasteiger partial charge is 0.460 e. The van der Waals surface area contributed by atoms with Gasteiger partial charge >= 0.3 is 11.9 Å². The highest BCUT2D eigenvalue weighted by Gasteiger charge is 2.57. The molecule has 250 valence electrons. The van der Waals surface area contributed by atoms with Gasteiger partial charge in [-0.05, 0) is 81.1 Å². The first-order chi connectivity index (χ1) is 20.0. The average molecular weight is 611 g/mol. The summed E-state index contributed by atoms with van der Waals surface area (Å²) in [4.78, 5) is 26.8. The highest BCUT2D eigenvalue weighted by atomic mass is 16.7. The minimum Gasteiger partial charge on any atom is -0.460 e. The summed E-state index contributed by atoms with van der Waals surface area (Å²) in [6, 6.07) is 0. The third-order valence-electron chi connectivity index (χ3n) is 7.73. The van der Waals surface area contributed by atoms with Crippen LogP contribution in [-0.4, -0.2) is 60.1 Å². The molecule has 2 rings (SSSR count). The molecule has 8 nitrogen and oxygen atoms in total. The summed E-state index contributed by atoms with van der Waals surface area (Å²) >= 11 is 0. The van der Waals surface area contributed by atoms with E-state index in [4.69, 9.17) is 28.4 Å². The van der Waals surface area contributed by atoms with E-state index in [1.807, 2.05) is 26.8 Å². The van der Waals surface area contributed by atoms with Gasteiger partial charge in [0.05, 0.1) is 26.2 Å². The van der Waals surface area contributed by atoms with Crippen molar-refractivity contribution in [2.45, 2.75) is 174 Å². The first kappa shape index (κ1) is 37.7. The molecule has 0 N–H and O–H groups in total. The van der Waals surface area contributed by atoms with Crippen LogP contribution < -0.4 is 0 Å². The molecule has 0 bridgehead atoms. The van der Waals surface area contributed by atoms with Crippen LogP contribution in [0.25, 0.3) is 0 Å². The van der Waals surface area contributed by atoms with Crippen molar-refractivity contribution in [2.75, 3.05) is 19.8 Å². The van der Waals surface area contributed by atoms with Crippen molar-refractivity contribution < 1.29 is 38.0 Å². The lowest BCUT2D eigenvalue weighted by Gasteiger charge is -2.47. The molecule has 0 radical (unpaired) electrons. The highest BCUT2D eigenvalue weighted by molar-refractivity contribution is 5.87. The van der Waals surface area contributed by atoms with E-state index in [1.54, 1.807) is 34.6 Å². The number of ether oxygens (including phenoxy) is 6. The van der Waals surface area contributed by atoms with Gasteiger partial charge in [0, 0.05) is 18.8 Å². The Bertz CT molecular complexity index is 875. The number of hydrogen-bond acceptors (Lipinski definition) is 8. The van der Waals surface area contributed by atoms with Crippen LogP contribution in [0.15, 0.2) is 12.2 Å². The van der Waals surface area contributed by atoms with Gasteiger partial charge in [-0.25, -0.2) is 4.79 Å². The molecule has 0 aromatic rings. The van der Waals surface area contributed by atoms with Crippen LogP contribution >= 0.6 is 0 Å². The van der Waals surface area contributed by atoms with Gasteiger partial charge in [0.1, 0.15) is 11.2 Å². The summed E-state index contributed by atoms with van der Waals surface area (Å²) in [6.45, 7) is 18.2. The van der Waals surface area contributed by atoms with Gasteiger partial charge in [0.15, 0.2) is 17.2 Å². The fraction of sp³-hybridized carbons (Fsp3) is 0.886. The van der Waals surface area contributed by atoms with Crippen molar-refractivity contribution in [2.24, 2.45) is 5.92 Å². The number of allylic oxidation sites excluding steroid dienone is 1. The topological polar surface area (TPSA) is 89.5 Å². The summed E-state index contributed by atoms with van der Waals surface area (Å²) in [5.41, 5.74) is -3.00. The minimum absolute atomic E-state index is 0.228. The van der Waals surface area contributed by atoms with Crippen molar-refractivity contribution in [3.8, 4) is 0 Å². The van der Waals surface area contributed by atoms with Gasteiger partial charge < -0.3 is 28.4 Å². The molecule has 43 heavy (non-hydrogen) atoms. The van der Waals surface area contributed by atoms with Crippen molar-refractivity contribution in [1.29, 1.82) is 0 Å². The molecular formula is C35H62O8. The zero-order valence-electron chi connectivity index (χ0n) is 28.8. The second-order valence-electron chi connectivity index (χ2n) is 14.7. The minimum atomic E-state index is -1.56. The van der Waals surface area contributed by atoms with Gasteiger partial charge in [-0.15, -0.1) is 0 Å². The van der Waals surface area contributed by atoms with Crippen LogP contribution in [0.4, 0.5) is 0 Å². The summed E-state index contributed by atoms with van der Waals surface area (Å²) in [7, 11) is 0. The number of carbonyl (C=O) groups excluding carboxylic acids is 2. The Morgan fingerprint density at radius 1 is 0.791 bits per heavy atom. The lowest BCUT2D eigenvalue weighted by atomic mass is 9.82. The predicted molar refractivity (Wildman–Crippen MR) is 168 cm³/mol. The Morgan fingerprint density at radius 3 is 1.91 bits per heavy atom. The van der Waals surface area contributed by atoms with E-state index < -0.39 is 40.4 Å². The summed E-state index contributed by atoms with van der Waals surface area (Å²) < 4.78 is 35.8. The van der Waals surface area contributed by atoms with Crippen molar-refractivity contribution in [1.82, 2.24) is 0 Å². The molecule has 2 aliphatic heterocycles. The molecule has 2 heterocycles. The fourth-order valence-electron chi connectivity index (χ4n) is 5.75. The van der Waals surface area contributed by atoms with Crippen LogP contribution in [0.5, 0.6) is 0 Å². The first-order valence-electron chi connectivity index (χ1n) is 16.8. The van der Waals surface area contributed by atoms with Crippen molar-refractivity contribution in [3.63, 3.8) is 0 Å². The number of esters is 2. The van der Waals surface area contributed by atoms with Crippen molar-refractivity contribution in [3.05, 3.63) is 12.2 Å². The maximum atomic E-state index is 13.7. The van der Waals surface area contributed by atoms with E-state index in [-0.39, 0.29) is 18.8 Å². The van der Waals surface area contributed by atoms with E-state index in [0.29, 0.717) is 13.2 Å². The Hall–Kier alpha value is -1.48. The third kappa shape index (κ3) is 13.6. The second kappa shape index (κ2) is 16.7. The van der Waals surface area contributed by atoms with Crippen molar-refractivity contribution >= 4 is 11.9 Å². The van der Waals surface area contributed by atoms with Gasteiger partial charge in [0.2, 0.25) is 0 Å². The SMILES string of the molecule is CCCCCCCC1(CCCCCC/C=C/[C@@H]2COC(C)(C)O[C@@]2(CC(=O)OC(C)(C)C)C(=O)OC(C)(C)C)OCCO1. The second-order valence-corrected chi connectivity index (χ2v) is 14.7. The summed E-state index contributed by atoms with van der Waals surface area (Å²) in [5.74, 6) is -3.03. The van der Waals surface area contributed by atoms with Crippen LogP contribution in [-0.2, 0) is 38.0 Å². The van der Waals surface area contributed by atoms with Crippen LogP contribution in [0.1, 0.15) is 146 Å². The maximum Gasteiger partial charge on any atom is 0.340 e. The van der Waals surface area contributed by atoms with Gasteiger partial charge in [0.25, 0.3) is 0 Å². The highest BCUT2D eigenvalue weighted by Crippen LogP contribution is 2.41. The average Bonchev–Trinajstić information content (AvgIpc) is 3.33. The zero-order valence-corrected chi connectivity index (χ0v) is 28.8. The van der Waals surface area contributed by atoms with Crippen LogP contribution in [0, 0.1) is 5.92 Å². The smallest absolute Gasteiger partial charge is 0.340 e. The molecule has 0 amide bonds. The quantitative estimate of drug-likeness (QED) is 0.0925. The Labute approximate surface area is 261 Å². The molecule has 0 aromatic heterocycles. The van der Waals surface area contributed by atoms with E-state index >= 15 is 0 Å². The molecule has 2 atom stereocenters. The molecule has 2 fully saturated rings. The molecule has 2 saturated heterocycles. The zero-order chi connectivity index (χ0) is 32.2. The number of unbranched alkanes of at least 4 members (excludes halogenated alkanes) is 8. The van der Waals surface area contributed by atoms with E-state index in [9.17, 15) is 9.59 Å². The Balaban J connectivity index is 1.96. The Kier molecular flexibility index (Phi) is 14.7. The first-order valence-corrected chi connectivity index (χ1v) is 16.8.